The molecule has 0 saturated carbocycles. The van der Waals surface area contributed by atoms with E-state index in [0.29, 0.717) is 0 Å². The van der Waals surface area contributed by atoms with Crippen molar-refractivity contribution in [2.45, 2.75) is 22.9 Å². The average molecular weight is 227 g/mol. The molecular formula is C9H18NNaO4. The molecule has 0 amide bonds. The maximum absolute atomic E-state index is 9.64. The van der Waals surface area contributed by atoms with E-state index < -0.39 is 11.9 Å². The monoisotopic (exact) mass is 227 g/mol. The van der Waals surface area contributed by atoms with Gasteiger partial charge in [-0.2, -0.15) is 0 Å². The molecule has 0 aliphatic rings. The van der Waals surface area contributed by atoms with Gasteiger partial charge in [0.1, 0.15) is 0 Å². The summed E-state index contributed by atoms with van der Waals surface area (Å²) in [5.41, 5.74) is 0. The van der Waals surface area contributed by atoms with Crippen molar-refractivity contribution in [3.8, 4) is 0 Å². The SMILES string of the molecule is CN(C)CC[CH2][Na].O=C(O)CCC(=O)O. The van der Waals surface area contributed by atoms with Crippen molar-refractivity contribution in [1.82, 2.24) is 4.90 Å². The Bertz CT molecular complexity index is 171. The summed E-state index contributed by atoms with van der Waals surface area (Å²) in [7, 11) is 4.24. The summed E-state index contributed by atoms with van der Waals surface area (Å²) in [6.45, 7) is 1.27. The van der Waals surface area contributed by atoms with Gasteiger partial charge in [0.25, 0.3) is 0 Å². The normalized spacial score (nSPS) is 9.40. The summed E-state index contributed by atoms with van der Waals surface area (Å²) in [6, 6.07) is 0. The van der Waals surface area contributed by atoms with Crippen LogP contribution in [0.25, 0.3) is 0 Å². The van der Waals surface area contributed by atoms with E-state index in [1.165, 1.54) is 44.6 Å². The zero-order valence-corrected chi connectivity index (χ0v) is 11.7. The minimum atomic E-state index is -1.08. The van der Waals surface area contributed by atoms with Gasteiger partial charge in [-0.3, -0.25) is 9.59 Å². The largest absolute Gasteiger partial charge is 0.481 e. The molecule has 0 fully saturated rings. The average Bonchev–Trinajstić information content (AvgIpc) is 2.12. The third-order valence-electron chi connectivity index (χ3n) is 1.51. The van der Waals surface area contributed by atoms with Crippen LogP contribution in [0.5, 0.6) is 0 Å². The van der Waals surface area contributed by atoms with Crippen LogP contribution in [0.4, 0.5) is 0 Å². The summed E-state index contributed by atoms with van der Waals surface area (Å²) in [4.78, 5) is 21.5. The van der Waals surface area contributed by atoms with Crippen LogP contribution < -0.4 is 0 Å². The second-order valence-corrected chi connectivity index (χ2v) is 4.44. The number of aliphatic carboxylic acids is 2. The first-order chi connectivity index (χ1) is 6.90. The molecule has 0 aromatic rings. The number of carboxylic acid groups (broad SMARTS) is 2. The molecule has 0 aliphatic carbocycles. The molecule has 0 rings (SSSR count). The van der Waals surface area contributed by atoms with Crippen LogP contribution in [0.1, 0.15) is 19.3 Å². The molecule has 0 aliphatic heterocycles. The molecule has 0 atom stereocenters. The van der Waals surface area contributed by atoms with Gasteiger partial charge in [-0.1, -0.05) is 0 Å². The van der Waals surface area contributed by atoms with E-state index in [9.17, 15) is 9.59 Å². The first-order valence-corrected chi connectivity index (χ1v) is 6.39. The Morgan fingerprint density at radius 2 is 1.53 bits per heavy atom. The summed E-state index contributed by atoms with van der Waals surface area (Å²) >= 11 is 1.37. The number of hydrogen-bond acceptors (Lipinski definition) is 3. The Balaban J connectivity index is 0. The summed E-state index contributed by atoms with van der Waals surface area (Å²) in [6.07, 6.45) is 0.796. The fraction of sp³-hybridized carbons (Fsp3) is 0.778. The van der Waals surface area contributed by atoms with Crippen molar-refractivity contribution in [1.29, 1.82) is 0 Å². The quantitative estimate of drug-likeness (QED) is 0.644. The number of carbonyl (C=O) groups is 2. The Labute approximate surface area is 108 Å². The second-order valence-electron chi connectivity index (χ2n) is 3.44. The van der Waals surface area contributed by atoms with Crippen LogP contribution in [0.15, 0.2) is 0 Å². The summed E-state index contributed by atoms with van der Waals surface area (Å²) in [5.74, 6) is -2.15. The van der Waals surface area contributed by atoms with Crippen LogP contribution in [-0.2, 0) is 9.59 Å². The van der Waals surface area contributed by atoms with E-state index >= 15 is 0 Å². The van der Waals surface area contributed by atoms with Crippen LogP contribution in [0, 0.1) is 0 Å². The molecule has 0 bridgehead atoms. The van der Waals surface area contributed by atoms with Gasteiger partial charge in [-0.25, -0.2) is 0 Å². The topological polar surface area (TPSA) is 77.8 Å². The molecular weight excluding hydrogens is 209 g/mol. The minimum Gasteiger partial charge on any atom is -0.481 e. The Morgan fingerprint density at radius 3 is 1.67 bits per heavy atom. The third kappa shape index (κ3) is 24.9. The van der Waals surface area contributed by atoms with Gasteiger partial charge in [0, 0.05) is 0 Å². The smallest absolute Gasteiger partial charge is 0.303 e. The zero-order chi connectivity index (χ0) is 12.3. The number of rotatable bonds is 6. The van der Waals surface area contributed by atoms with Crippen LogP contribution in [0.2, 0.25) is 3.67 Å². The standard InChI is InChI=1S/C5H12N.C4H6O4.Na/c1-4-5-6(2)3;5-3(6)1-2-4(7)8;/h1,4-5H2,2-3H3;1-2H2,(H,5,6)(H,7,8);. The van der Waals surface area contributed by atoms with Crippen molar-refractivity contribution >= 4 is 39.9 Å². The van der Waals surface area contributed by atoms with Crippen molar-refractivity contribution in [2.75, 3.05) is 20.6 Å². The van der Waals surface area contributed by atoms with Gasteiger partial charge in [-0.15, -0.1) is 0 Å². The number of nitrogens with zero attached hydrogens (tertiary/aromatic N) is 1. The third-order valence-corrected chi connectivity index (χ3v) is 2.22. The van der Waals surface area contributed by atoms with Crippen LogP contribution in [0.3, 0.4) is 0 Å². The van der Waals surface area contributed by atoms with E-state index in [0.717, 1.165) is 0 Å². The predicted octanol–water partition coefficient (Wildman–Crippen LogP) is 0.461. The van der Waals surface area contributed by atoms with Gasteiger partial charge in [-0.05, 0) is 0 Å². The first-order valence-electron chi connectivity index (χ1n) is 4.98. The predicted molar refractivity (Wildman–Crippen MR) is 58.2 cm³/mol. The van der Waals surface area contributed by atoms with Crippen molar-refractivity contribution < 1.29 is 19.8 Å². The van der Waals surface area contributed by atoms with E-state index in [1.807, 2.05) is 0 Å². The number of carboxylic acids is 2. The zero-order valence-electron chi connectivity index (χ0n) is 9.69. The maximum Gasteiger partial charge on any atom is 0.303 e. The van der Waals surface area contributed by atoms with Gasteiger partial charge in [0.2, 0.25) is 0 Å². The summed E-state index contributed by atoms with van der Waals surface area (Å²) in [5, 5.41) is 15.8. The number of hydrogen-bond donors (Lipinski definition) is 2. The van der Waals surface area contributed by atoms with Gasteiger partial charge in [0.15, 0.2) is 0 Å². The van der Waals surface area contributed by atoms with Crippen molar-refractivity contribution in [3.63, 3.8) is 0 Å². The van der Waals surface area contributed by atoms with E-state index in [4.69, 9.17) is 10.2 Å². The molecule has 6 heteroatoms. The first kappa shape index (κ1) is 17.3. The molecule has 5 nitrogen and oxygen atoms in total. The maximum atomic E-state index is 9.64. The molecule has 0 heterocycles. The van der Waals surface area contributed by atoms with Gasteiger partial charge < -0.3 is 10.2 Å². The molecule has 84 valence electrons. The molecule has 0 aromatic carbocycles. The van der Waals surface area contributed by atoms with E-state index in [-0.39, 0.29) is 12.8 Å². The van der Waals surface area contributed by atoms with Crippen molar-refractivity contribution in [3.05, 3.63) is 0 Å². The Kier molecular flexibility index (Phi) is 13.8. The Hall–Kier alpha value is -0.100. The molecule has 0 radical (unpaired) electrons. The molecule has 0 unspecified atom stereocenters. The second kappa shape index (κ2) is 12.0. The Morgan fingerprint density at radius 1 is 1.13 bits per heavy atom. The molecule has 0 spiro atoms. The van der Waals surface area contributed by atoms with Crippen molar-refractivity contribution in [2.24, 2.45) is 0 Å². The fourth-order valence-electron chi connectivity index (χ4n) is 0.688. The van der Waals surface area contributed by atoms with E-state index in [1.54, 1.807) is 0 Å². The van der Waals surface area contributed by atoms with Crippen LogP contribution in [-0.4, -0.2) is 75.6 Å². The minimum absolute atomic E-state index is 0.296. The fourth-order valence-corrected chi connectivity index (χ4v) is 1.00. The molecule has 2 N–H and O–H groups in total. The van der Waals surface area contributed by atoms with Gasteiger partial charge in [0.05, 0.1) is 12.8 Å². The molecule has 15 heavy (non-hydrogen) atoms. The van der Waals surface area contributed by atoms with Crippen LogP contribution >= 0.6 is 0 Å². The summed E-state index contributed by atoms with van der Waals surface area (Å²) < 4.78 is 1.44. The van der Waals surface area contributed by atoms with Gasteiger partial charge >= 0.3 is 75.5 Å². The molecule has 0 saturated heterocycles. The molecule has 0 aromatic heterocycles. The van der Waals surface area contributed by atoms with E-state index in [2.05, 4.69) is 19.0 Å².